The summed E-state index contributed by atoms with van der Waals surface area (Å²) in [6, 6.07) is 5.58. The molecule has 1 aliphatic carbocycles. The number of halogens is 1. The van der Waals surface area contributed by atoms with Crippen LogP contribution in [0.5, 0.6) is 0 Å². The molecule has 3 rings (SSSR count). The molecular formula is C12H12ClN3OS. The predicted molar refractivity (Wildman–Crippen MR) is 71.7 cm³/mol. The Morgan fingerprint density at radius 3 is 3.00 bits per heavy atom. The van der Waals surface area contributed by atoms with Crippen LogP contribution >= 0.6 is 23.4 Å². The minimum atomic E-state index is 0.526. The van der Waals surface area contributed by atoms with Crippen molar-refractivity contribution in [2.45, 2.75) is 29.4 Å². The zero-order valence-corrected chi connectivity index (χ0v) is 11.2. The highest BCUT2D eigenvalue weighted by Crippen LogP contribution is 2.38. The molecule has 0 unspecified atom stereocenters. The van der Waals surface area contributed by atoms with Gasteiger partial charge in [-0.05, 0) is 31.0 Å². The Hall–Kier alpha value is -1.20. The Kier molecular flexibility index (Phi) is 3.18. The lowest BCUT2D eigenvalue weighted by Crippen LogP contribution is -1.87. The Morgan fingerprint density at radius 1 is 1.44 bits per heavy atom. The quantitative estimate of drug-likeness (QED) is 0.686. The lowest BCUT2D eigenvalue weighted by Gasteiger charge is -2.01. The normalized spacial score (nSPS) is 14.9. The summed E-state index contributed by atoms with van der Waals surface area (Å²) in [5.41, 5.74) is 6.25. The van der Waals surface area contributed by atoms with Crippen LogP contribution < -0.4 is 5.73 Å². The van der Waals surface area contributed by atoms with E-state index in [4.69, 9.17) is 21.9 Å². The highest BCUT2D eigenvalue weighted by atomic mass is 35.5. The first-order valence-electron chi connectivity index (χ1n) is 5.72. The third kappa shape index (κ3) is 2.62. The molecule has 0 amide bonds. The lowest BCUT2D eigenvalue weighted by molar-refractivity contribution is 0.385. The van der Waals surface area contributed by atoms with E-state index in [2.05, 4.69) is 10.1 Å². The van der Waals surface area contributed by atoms with Gasteiger partial charge in [0.2, 0.25) is 5.89 Å². The van der Waals surface area contributed by atoms with Gasteiger partial charge in [0.15, 0.2) is 5.82 Å². The van der Waals surface area contributed by atoms with Crippen molar-refractivity contribution < 1.29 is 4.52 Å². The van der Waals surface area contributed by atoms with Gasteiger partial charge in [-0.1, -0.05) is 16.8 Å². The molecule has 1 aromatic heterocycles. The summed E-state index contributed by atoms with van der Waals surface area (Å²) in [5.74, 6) is 2.69. The SMILES string of the molecule is Nc1ccc(SCc2nc(C3CC3)no2)cc1Cl. The first-order chi connectivity index (χ1) is 8.72. The van der Waals surface area contributed by atoms with E-state index in [1.54, 1.807) is 17.8 Å². The fourth-order valence-electron chi connectivity index (χ4n) is 1.58. The molecule has 94 valence electrons. The number of hydrogen-bond acceptors (Lipinski definition) is 5. The van der Waals surface area contributed by atoms with Gasteiger partial charge in [-0.3, -0.25) is 0 Å². The molecule has 4 nitrogen and oxygen atoms in total. The van der Waals surface area contributed by atoms with E-state index in [1.165, 1.54) is 12.8 Å². The third-order valence-corrected chi connectivity index (χ3v) is 4.07. The Bertz CT molecular complexity index is 568. The Balaban J connectivity index is 1.63. The number of aromatic nitrogens is 2. The average molecular weight is 282 g/mol. The van der Waals surface area contributed by atoms with E-state index in [1.807, 2.05) is 12.1 Å². The van der Waals surface area contributed by atoms with E-state index in [0.717, 1.165) is 10.7 Å². The van der Waals surface area contributed by atoms with Gasteiger partial charge in [0, 0.05) is 10.8 Å². The van der Waals surface area contributed by atoms with E-state index in [0.29, 0.717) is 28.3 Å². The van der Waals surface area contributed by atoms with Crippen molar-refractivity contribution >= 4 is 29.1 Å². The molecule has 2 N–H and O–H groups in total. The topological polar surface area (TPSA) is 64.9 Å². The maximum absolute atomic E-state index is 5.96. The number of thioether (sulfide) groups is 1. The molecule has 6 heteroatoms. The molecule has 0 spiro atoms. The number of benzene rings is 1. The van der Waals surface area contributed by atoms with Crippen LogP contribution in [0.1, 0.15) is 30.5 Å². The number of nitrogens with two attached hydrogens (primary N) is 1. The molecule has 0 saturated heterocycles. The van der Waals surface area contributed by atoms with Crippen molar-refractivity contribution in [2.75, 3.05) is 5.73 Å². The fraction of sp³-hybridized carbons (Fsp3) is 0.333. The molecular weight excluding hydrogens is 270 g/mol. The first kappa shape index (κ1) is 11.9. The van der Waals surface area contributed by atoms with Crippen LogP contribution in [-0.2, 0) is 5.75 Å². The summed E-state index contributed by atoms with van der Waals surface area (Å²) in [6.07, 6.45) is 2.36. The van der Waals surface area contributed by atoms with Gasteiger partial charge < -0.3 is 10.3 Å². The highest BCUT2D eigenvalue weighted by molar-refractivity contribution is 7.98. The van der Waals surface area contributed by atoms with Gasteiger partial charge in [-0.25, -0.2) is 0 Å². The van der Waals surface area contributed by atoms with Gasteiger partial charge in [0.1, 0.15) is 0 Å². The Morgan fingerprint density at radius 2 is 2.28 bits per heavy atom. The second-order valence-electron chi connectivity index (χ2n) is 4.29. The van der Waals surface area contributed by atoms with E-state index in [9.17, 15) is 0 Å². The van der Waals surface area contributed by atoms with Crippen molar-refractivity contribution in [1.82, 2.24) is 10.1 Å². The molecule has 18 heavy (non-hydrogen) atoms. The van der Waals surface area contributed by atoms with Gasteiger partial charge in [0.05, 0.1) is 16.5 Å². The van der Waals surface area contributed by atoms with Gasteiger partial charge in [-0.2, -0.15) is 4.98 Å². The van der Waals surface area contributed by atoms with Crippen LogP contribution in [0.15, 0.2) is 27.6 Å². The maximum Gasteiger partial charge on any atom is 0.237 e. The molecule has 0 bridgehead atoms. The molecule has 1 aliphatic rings. The summed E-state index contributed by atoms with van der Waals surface area (Å²) in [6.45, 7) is 0. The number of hydrogen-bond donors (Lipinski definition) is 1. The lowest BCUT2D eigenvalue weighted by atomic mass is 10.3. The molecule has 0 aliphatic heterocycles. The van der Waals surface area contributed by atoms with Gasteiger partial charge in [-0.15, -0.1) is 11.8 Å². The minimum absolute atomic E-state index is 0.526. The number of anilines is 1. The zero-order valence-electron chi connectivity index (χ0n) is 9.60. The monoisotopic (exact) mass is 281 g/mol. The molecule has 1 fully saturated rings. The third-order valence-electron chi connectivity index (χ3n) is 2.76. The van der Waals surface area contributed by atoms with E-state index < -0.39 is 0 Å². The van der Waals surface area contributed by atoms with E-state index >= 15 is 0 Å². The van der Waals surface area contributed by atoms with Crippen LogP contribution in [-0.4, -0.2) is 10.1 Å². The molecule has 2 aromatic rings. The second kappa shape index (κ2) is 4.82. The molecule has 1 heterocycles. The summed E-state index contributed by atoms with van der Waals surface area (Å²) in [7, 11) is 0. The van der Waals surface area contributed by atoms with Crippen molar-refractivity contribution in [3.05, 3.63) is 34.9 Å². The number of nitrogen functional groups attached to an aromatic ring is 1. The molecule has 1 saturated carbocycles. The van der Waals surface area contributed by atoms with Crippen LogP contribution in [0.25, 0.3) is 0 Å². The van der Waals surface area contributed by atoms with Gasteiger partial charge >= 0.3 is 0 Å². The standard InChI is InChI=1S/C12H12ClN3OS/c13-9-5-8(3-4-10(9)14)18-6-11-15-12(16-17-11)7-1-2-7/h3-5,7H,1-2,6,14H2. The minimum Gasteiger partial charge on any atom is -0.398 e. The highest BCUT2D eigenvalue weighted by Gasteiger charge is 2.28. The molecule has 1 aromatic carbocycles. The summed E-state index contributed by atoms with van der Waals surface area (Å²) < 4.78 is 5.20. The van der Waals surface area contributed by atoms with Crippen LogP contribution in [0.4, 0.5) is 5.69 Å². The molecule has 0 atom stereocenters. The Labute approximate surface area is 114 Å². The van der Waals surface area contributed by atoms with E-state index in [-0.39, 0.29) is 0 Å². The van der Waals surface area contributed by atoms with Crippen LogP contribution in [0.3, 0.4) is 0 Å². The average Bonchev–Trinajstić information content (AvgIpc) is 3.11. The van der Waals surface area contributed by atoms with Crippen molar-refractivity contribution in [3.8, 4) is 0 Å². The van der Waals surface area contributed by atoms with Crippen molar-refractivity contribution in [3.63, 3.8) is 0 Å². The predicted octanol–water partition coefficient (Wildman–Crippen LogP) is 3.47. The van der Waals surface area contributed by atoms with Crippen molar-refractivity contribution in [2.24, 2.45) is 0 Å². The zero-order chi connectivity index (χ0) is 12.5. The van der Waals surface area contributed by atoms with Crippen LogP contribution in [0.2, 0.25) is 5.02 Å². The second-order valence-corrected chi connectivity index (χ2v) is 5.75. The largest absolute Gasteiger partial charge is 0.398 e. The first-order valence-corrected chi connectivity index (χ1v) is 7.09. The summed E-state index contributed by atoms with van der Waals surface area (Å²) >= 11 is 7.57. The number of nitrogens with zero attached hydrogens (tertiary/aromatic N) is 2. The van der Waals surface area contributed by atoms with Crippen molar-refractivity contribution in [1.29, 1.82) is 0 Å². The van der Waals surface area contributed by atoms with Crippen LogP contribution in [0, 0.1) is 0 Å². The van der Waals surface area contributed by atoms with Gasteiger partial charge in [0.25, 0.3) is 0 Å². The fourth-order valence-corrected chi connectivity index (χ4v) is 2.59. The molecule has 0 radical (unpaired) electrons. The smallest absolute Gasteiger partial charge is 0.237 e. The summed E-state index contributed by atoms with van der Waals surface area (Å²) in [4.78, 5) is 5.41. The maximum atomic E-state index is 5.96. The number of rotatable bonds is 4. The summed E-state index contributed by atoms with van der Waals surface area (Å²) in [5, 5.41) is 4.55.